The Morgan fingerprint density at radius 2 is 1.15 bits per heavy atom. The predicted molar refractivity (Wildman–Crippen MR) is 93.3 cm³/mol. The Labute approximate surface area is 141 Å². The molecule has 10 heteroatoms. The lowest BCUT2D eigenvalue weighted by Crippen LogP contribution is -1.79. The molecule has 0 fully saturated rings. The Morgan fingerprint density at radius 1 is 0.800 bits per heavy atom. The molecular formula is C10H10O4S6. The first kappa shape index (κ1) is 18.6. The van der Waals surface area contributed by atoms with Crippen LogP contribution in [0.15, 0.2) is 34.1 Å². The molecule has 0 amide bonds. The summed E-state index contributed by atoms with van der Waals surface area (Å²) in [5.41, 5.74) is 0. The van der Waals surface area contributed by atoms with E-state index in [-0.39, 0.29) is 8.89 Å². The fourth-order valence-corrected chi connectivity index (χ4v) is 5.37. The molecule has 0 radical (unpaired) electrons. The molecule has 1 aromatic carbocycles. The summed E-state index contributed by atoms with van der Waals surface area (Å²) >= 11 is 1.63. The van der Waals surface area contributed by atoms with E-state index >= 15 is 0 Å². The zero-order chi connectivity index (χ0) is 14.8. The summed E-state index contributed by atoms with van der Waals surface area (Å²) < 4.78 is 9.13. The molecule has 0 saturated carbocycles. The predicted octanol–water partition coefficient (Wildman–Crippen LogP) is 6.00. The minimum atomic E-state index is -0.103. The monoisotopic (exact) mass is 386 g/mol. The highest BCUT2D eigenvalue weighted by atomic mass is 33.1. The molecular weight excluding hydrogens is 377 g/mol. The largest absolute Gasteiger partial charge is 0.311 e. The van der Waals surface area contributed by atoms with Gasteiger partial charge < -0.3 is 8.37 Å². The van der Waals surface area contributed by atoms with Crippen LogP contribution in [-0.2, 0) is 8.37 Å². The van der Waals surface area contributed by atoms with Crippen molar-refractivity contribution in [2.24, 2.45) is 0 Å². The number of carbonyl (C=O) groups excluding carboxylic acids is 2. The summed E-state index contributed by atoms with van der Waals surface area (Å²) in [5.74, 6) is 0. The van der Waals surface area contributed by atoms with Gasteiger partial charge in [0.1, 0.15) is 0 Å². The maximum absolute atomic E-state index is 11.2. The minimum Gasteiger partial charge on any atom is -0.311 e. The summed E-state index contributed by atoms with van der Waals surface area (Å²) in [4.78, 5) is 24.4. The molecule has 0 heterocycles. The Morgan fingerprint density at radius 3 is 1.45 bits per heavy atom. The summed E-state index contributed by atoms with van der Waals surface area (Å²) in [5, 5.41) is 0. The number of carbonyl (C=O) groups is 2. The van der Waals surface area contributed by atoms with E-state index < -0.39 is 0 Å². The van der Waals surface area contributed by atoms with Gasteiger partial charge in [0.2, 0.25) is 0 Å². The highest BCUT2D eigenvalue weighted by Crippen LogP contribution is 2.39. The second-order valence-electron chi connectivity index (χ2n) is 2.80. The number of hydrogen-bond acceptors (Lipinski definition) is 10. The van der Waals surface area contributed by atoms with Crippen molar-refractivity contribution in [2.45, 2.75) is 9.79 Å². The van der Waals surface area contributed by atoms with Gasteiger partial charge in [-0.25, -0.2) is 0 Å². The van der Waals surface area contributed by atoms with Crippen molar-refractivity contribution in [3.05, 3.63) is 24.3 Å². The van der Waals surface area contributed by atoms with Gasteiger partial charge in [0, 0.05) is 31.4 Å². The average Bonchev–Trinajstić information content (AvgIpc) is 2.45. The van der Waals surface area contributed by atoms with Crippen LogP contribution in [0.4, 0.5) is 9.59 Å². The number of benzene rings is 1. The molecule has 0 N–H and O–H groups in total. The molecule has 20 heavy (non-hydrogen) atoms. The Bertz CT molecular complexity index is 397. The molecule has 0 spiro atoms. The van der Waals surface area contributed by atoms with Crippen molar-refractivity contribution in [3.8, 4) is 0 Å². The molecule has 0 atom stereocenters. The maximum atomic E-state index is 11.2. The molecule has 1 rings (SSSR count). The van der Waals surface area contributed by atoms with Crippen molar-refractivity contribution >= 4 is 76.2 Å². The van der Waals surface area contributed by atoms with Crippen LogP contribution in [0.1, 0.15) is 0 Å². The van der Waals surface area contributed by atoms with Gasteiger partial charge in [-0.3, -0.25) is 9.59 Å². The standard InChI is InChI=1S/C10H10O4S6/c1-13-15-9(11)19-17-7-3-5-8(6-4-7)18-20-10(12)16-14-2/h3-6H,1-2H3. The first-order chi connectivity index (χ1) is 9.65. The normalized spacial score (nSPS) is 10.5. The number of rotatable bonds is 6. The van der Waals surface area contributed by atoms with Crippen LogP contribution in [0.2, 0.25) is 0 Å². The fourth-order valence-electron chi connectivity index (χ4n) is 0.879. The SMILES string of the molecule is COSC(=O)SSc1ccc(SSC(=O)SOC)cc1. The van der Waals surface area contributed by atoms with E-state index in [1.165, 1.54) is 35.8 Å². The van der Waals surface area contributed by atoms with Gasteiger partial charge in [-0.1, -0.05) is 0 Å². The van der Waals surface area contributed by atoms with Crippen LogP contribution in [0.25, 0.3) is 0 Å². The van der Waals surface area contributed by atoms with Crippen LogP contribution in [0, 0.1) is 0 Å². The quantitative estimate of drug-likeness (QED) is 0.430. The molecule has 0 bridgehead atoms. The van der Waals surface area contributed by atoms with Crippen molar-refractivity contribution in [3.63, 3.8) is 0 Å². The van der Waals surface area contributed by atoms with Crippen molar-refractivity contribution < 1.29 is 18.0 Å². The second-order valence-corrected chi connectivity index (χ2v) is 9.41. The fraction of sp³-hybridized carbons (Fsp3) is 0.200. The molecule has 0 aliphatic heterocycles. The van der Waals surface area contributed by atoms with E-state index in [2.05, 4.69) is 8.37 Å². The third kappa shape index (κ3) is 8.13. The highest BCUT2D eigenvalue weighted by molar-refractivity contribution is 8.86. The van der Waals surface area contributed by atoms with Crippen LogP contribution in [0.3, 0.4) is 0 Å². The first-order valence-electron chi connectivity index (χ1n) is 4.94. The minimum absolute atomic E-state index is 0.103. The Hall–Kier alpha value is 0.580. The smallest absolute Gasteiger partial charge is 0.283 e. The van der Waals surface area contributed by atoms with Crippen molar-refractivity contribution in [1.82, 2.24) is 0 Å². The first-order valence-corrected chi connectivity index (χ1v) is 10.7. The van der Waals surface area contributed by atoms with Gasteiger partial charge in [-0.15, -0.1) is 0 Å². The number of hydrogen-bond donors (Lipinski definition) is 0. The van der Waals surface area contributed by atoms with Gasteiger partial charge in [0.05, 0.1) is 38.3 Å². The van der Waals surface area contributed by atoms with E-state index in [9.17, 15) is 9.59 Å². The van der Waals surface area contributed by atoms with Crippen LogP contribution in [0.5, 0.6) is 0 Å². The second kappa shape index (κ2) is 11.2. The summed E-state index contributed by atoms with van der Waals surface area (Å²) in [6.45, 7) is 0. The Balaban J connectivity index is 2.36. The molecule has 0 unspecified atom stereocenters. The summed E-state index contributed by atoms with van der Waals surface area (Å²) in [7, 11) is 7.88. The molecule has 1 aromatic rings. The van der Waals surface area contributed by atoms with Gasteiger partial charge >= 0.3 is 0 Å². The molecule has 0 saturated heterocycles. The summed E-state index contributed by atoms with van der Waals surface area (Å²) in [6, 6.07) is 7.61. The van der Waals surface area contributed by atoms with Gasteiger partial charge in [-0.05, 0) is 45.9 Å². The zero-order valence-electron chi connectivity index (χ0n) is 10.4. The Kier molecular flexibility index (Phi) is 10.4. The van der Waals surface area contributed by atoms with Crippen LogP contribution in [-0.4, -0.2) is 23.1 Å². The molecule has 110 valence electrons. The van der Waals surface area contributed by atoms with E-state index in [1.54, 1.807) is 0 Å². The van der Waals surface area contributed by atoms with Crippen molar-refractivity contribution in [2.75, 3.05) is 14.2 Å². The van der Waals surface area contributed by atoms with Crippen LogP contribution < -0.4 is 0 Å². The highest BCUT2D eigenvalue weighted by Gasteiger charge is 2.07. The van der Waals surface area contributed by atoms with Gasteiger partial charge in [-0.2, -0.15) is 0 Å². The third-order valence-electron chi connectivity index (χ3n) is 1.54. The van der Waals surface area contributed by atoms with E-state index in [1.807, 2.05) is 24.3 Å². The average molecular weight is 387 g/mol. The van der Waals surface area contributed by atoms with E-state index in [0.29, 0.717) is 0 Å². The molecule has 0 aliphatic carbocycles. The lowest BCUT2D eigenvalue weighted by molar-refractivity contribution is 0.274. The zero-order valence-corrected chi connectivity index (χ0v) is 15.3. The van der Waals surface area contributed by atoms with Crippen molar-refractivity contribution in [1.29, 1.82) is 0 Å². The molecule has 0 aliphatic rings. The molecule has 0 aromatic heterocycles. The van der Waals surface area contributed by atoms with Gasteiger partial charge in [0.15, 0.2) is 0 Å². The topological polar surface area (TPSA) is 52.6 Å². The van der Waals surface area contributed by atoms with Gasteiger partial charge in [0.25, 0.3) is 8.89 Å². The lowest BCUT2D eigenvalue weighted by atomic mass is 10.4. The lowest BCUT2D eigenvalue weighted by Gasteiger charge is -2.02. The maximum Gasteiger partial charge on any atom is 0.283 e. The summed E-state index contributed by atoms with van der Waals surface area (Å²) in [6.07, 6.45) is 0. The van der Waals surface area contributed by atoms with Crippen LogP contribution >= 0.6 is 67.3 Å². The third-order valence-corrected chi connectivity index (χ3v) is 7.62. The molecule has 4 nitrogen and oxygen atoms in total. The van der Waals surface area contributed by atoms with E-state index in [0.717, 1.165) is 55.5 Å². The van der Waals surface area contributed by atoms with E-state index in [4.69, 9.17) is 0 Å².